The fraction of sp³-hybridized carbons (Fsp3) is 0.100. The minimum atomic E-state index is -0.204. The fourth-order valence-electron chi connectivity index (χ4n) is 3.02. The third kappa shape index (κ3) is 2.32. The maximum Gasteiger partial charge on any atom is 0.279 e. The first-order valence-corrected chi connectivity index (χ1v) is 7.95. The van der Waals surface area contributed by atoms with Crippen molar-refractivity contribution in [1.29, 1.82) is 0 Å². The zero-order valence-corrected chi connectivity index (χ0v) is 13.9. The number of fused-ring (bicyclic) bond motifs is 1. The summed E-state index contributed by atoms with van der Waals surface area (Å²) >= 11 is 0. The van der Waals surface area contributed by atoms with Crippen molar-refractivity contribution in [2.45, 2.75) is 6.92 Å². The SMILES string of the molecule is Cc1c(/C=C2\Oc3ccccc3C2=O)c(=O)n(-c2ccccc2)n1C. The van der Waals surface area contributed by atoms with Gasteiger partial charge in [0.05, 0.1) is 16.8 Å². The van der Waals surface area contributed by atoms with Crippen molar-refractivity contribution in [3.63, 3.8) is 0 Å². The summed E-state index contributed by atoms with van der Waals surface area (Å²) in [6, 6.07) is 16.5. The molecule has 25 heavy (non-hydrogen) atoms. The average molecular weight is 332 g/mol. The number of Topliss-reactive ketones (excluding diaryl/α,β-unsaturated/α-hetero) is 1. The van der Waals surface area contributed by atoms with Crippen LogP contribution in [0.2, 0.25) is 0 Å². The van der Waals surface area contributed by atoms with Crippen molar-refractivity contribution in [3.8, 4) is 11.4 Å². The zero-order valence-electron chi connectivity index (χ0n) is 13.9. The second kappa shape index (κ2) is 5.63. The number of para-hydroxylation sites is 2. The number of allylic oxidation sites excluding steroid dienone is 1. The Morgan fingerprint density at radius 1 is 0.960 bits per heavy atom. The van der Waals surface area contributed by atoms with Gasteiger partial charge in [-0.2, -0.15) is 0 Å². The Labute approximate surface area is 144 Å². The molecule has 0 unspecified atom stereocenters. The third-order valence-electron chi connectivity index (χ3n) is 4.45. The first-order valence-electron chi connectivity index (χ1n) is 7.95. The van der Waals surface area contributed by atoms with Crippen molar-refractivity contribution < 1.29 is 9.53 Å². The van der Waals surface area contributed by atoms with Gasteiger partial charge >= 0.3 is 0 Å². The Morgan fingerprint density at radius 3 is 2.36 bits per heavy atom. The molecule has 4 rings (SSSR count). The molecule has 0 spiro atoms. The second-order valence-electron chi connectivity index (χ2n) is 5.91. The first-order chi connectivity index (χ1) is 12.1. The van der Waals surface area contributed by atoms with Crippen LogP contribution in [0.4, 0.5) is 0 Å². The van der Waals surface area contributed by atoms with E-state index in [1.807, 2.05) is 50.4 Å². The van der Waals surface area contributed by atoms with Gasteiger partial charge in [0.1, 0.15) is 5.75 Å². The predicted molar refractivity (Wildman–Crippen MR) is 95.1 cm³/mol. The molecule has 2 aromatic carbocycles. The van der Waals surface area contributed by atoms with E-state index in [-0.39, 0.29) is 17.1 Å². The fourth-order valence-corrected chi connectivity index (χ4v) is 3.02. The summed E-state index contributed by atoms with van der Waals surface area (Å²) in [5.74, 6) is 0.493. The van der Waals surface area contributed by atoms with E-state index >= 15 is 0 Å². The van der Waals surface area contributed by atoms with Crippen LogP contribution in [0.1, 0.15) is 21.6 Å². The molecule has 0 aliphatic carbocycles. The smallest absolute Gasteiger partial charge is 0.279 e. The quantitative estimate of drug-likeness (QED) is 0.678. The molecule has 124 valence electrons. The highest BCUT2D eigenvalue weighted by atomic mass is 16.5. The normalized spacial score (nSPS) is 14.6. The summed E-state index contributed by atoms with van der Waals surface area (Å²) in [7, 11) is 1.82. The number of ether oxygens (including phenoxy) is 1. The lowest BCUT2D eigenvalue weighted by Crippen LogP contribution is -2.20. The number of ketones is 1. The molecule has 1 aliphatic rings. The van der Waals surface area contributed by atoms with Gasteiger partial charge < -0.3 is 4.74 Å². The highest BCUT2D eigenvalue weighted by molar-refractivity contribution is 6.14. The monoisotopic (exact) mass is 332 g/mol. The molecular weight excluding hydrogens is 316 g/mol. The number of hydrogen-bond donors (Lipinski definition) is 0. The van der Waals surface area contributed by atoms with Crippen LogP contribution in [0, 0.1) is 6.92 Å². The predicted octanol–water partition coefficient (Wildman–Crippen LogP) is 3.10. The van der Waals surface area contributed by atoms with Gasteiger partial charge in [0.2, 0.25) is 5.78 Å². The third-order valence-corrected chi connectivity index (χ3v) is 4.45. The van der Waals surface area contributed by atoms with E-state index in [4.69, 9.17) is 4.74 Å². The largest absolute Gasteiger partial charge is 0.452 e. The molecule has 0 saturated carbocycles. The minimum Gasteiger partial charge on any atom is -0.452 e. The van der Waals surface area contributed by atoms with E-state index in [0.29, 0.717) is 16.9 Å². The zero-order chi connectivity index (χ0) is 17.6. The van der Waals surface area contributed by atoms with Gasteiger partial charge in [-0.05, 0) is 37.3 Å². The molecule has 0 bridgehead atoms. The molecule has 5 heteroatoms. The van der Waals surface area contributed by atoms with Crippen molar-refractivity contribution in [3.05, 3.63) is 87.5 Å². The average Bonchev–Trinajstić information content (AvgIpc) is 3.06. The van der Waals surface area contributed by atoms with Gasteiger partial charge in [-0.3, -0.25) is 14.3 Å². The summed E-state index contributed by atoms with van der Waals surface area (Å²) in [5.41, 5.74) is 2.30. The number of rotatable bonds is 2. The van der Waals surface area contributed by atoms with Crippen LogP contribution >= 0.6 is 0 Å². The van der Waals surface area contributed by atoms with E-state index in [9.17, 15) is 9.59 Å². The molecule has 0 saturated heterocycles. The Balaban J connectivity index is 1.84. The van der Waals surface area contributed by atoms with Crippen molar-refractivity contribution in [2.75, 3.05) is 0 Å². The van der Waals surface area contributed by atoms with Gasteiger partial charge in [-0.15, -0.1) is 0 Å². The van der Waals surface area contributed by atoms with E-state index in [1.165, 1.54) is 0 Å². The van der Waals surface area contributed by atoms with Crippen molar-refractivity contribution >= 4 is 11.9 Å². The van der Waals surface area contributed by atoms with Crippen LogP contribution in [-0.2, 0) is 7.05 Å². The number of benzene rings is 2. The minimum absolute atomic E-state index is 0.173. The molecule has 2 heterocycles. The maximum atomic E-state index is 12.9. The molecule has 5 nitrogen and oxygen atoms in total. The lowest BCUT2D eigenvalue weighted by molar-refractivity contribution is 0.101. The number of hydrogen-bond acceptors (Lipinski definition) is 3. The van der Waals surface area contributed by atoms with Crippen molar-refractivity contribution in [1.82, 2.24) is 9.36 Å². The molecule has 0 fully saturated rings. The van der Waals surface area contributed by atoms with Crippen LogP contribution < -0.4 is 10.3 Å². The van der Waals surface area contributed by atoms with E-state index < -0.39 is 0 Å². The molecule has 0 atom stereocenters. The summed E-state index contributed by atoms with van der Waals surface area (Å²) < 4.78 is 8.99. The summed E-state index contributed by atoms with van der Waals surface area (Å²) in [6.45, 7) is 1.85. The lowest BCUT2D eigenvalue weighted by atomic mass is 10.1. The number of carbonyl (C=O) groups is 1. The van der Waals surface area contributed by atoms with Crippen LogP contribution in [0.25, 0.3) is 11.8 Å². The van der Waals surface area contributed by atoms with Crippen LogP contribution in [0.5, 0.6) is 5.75 Å². The van der Waals surface area contributed by atoms with Gasteiger partial charge in [-0.25, -0.2) is 4.68 Å². The highest BCUT2D eigenvalue weighted by Gasteiger charge is 2.28. The second-order valence-corrected chi connectivity index (χ2v) is 5.91. The van der Waals surface area contributed by atoms with Crippen molar-refractivity contribution in [2.24, 2.45) is 7.05 Å². The number of nitrogens with zero attached hydrogens (tertiary/aromatic N) is 2. The molecule has 1 aromatic heterocycles. The standard InChI is InChI=1S/C20H16N2O3/c1-13-16(12-18-19(23)15-10-6-7-11-17(15)25-18)20(24)22(21(13)2)14-8-4-3-5-9-14/h3-12H,1-2H3/b18-12-. The van der Waals surface area contributed by atoms with E-state index in [0.717, 1.165) is 11.4 Å². The molecule has 0 N–H and O–H groups in total. The topological polar surface area (TPSA) is 53.2 Å². The van der Waals surface area contributed by atoms with Crippen LogP contribution in [-0.4, -0.2) is 15.1 Å². The summed E-state index contributed by atoms with van der Waals surface area (Å²) in [5, 5.41) is 0. The molecule has 1 aliphatic heterocycles. The summed E-state index contributed by atoms with van der Waals surface area (Å²) in [4.78, 5) is 25.4. The van der Waals surface area contributed by atoms with Gasteiger partial charge in [0.25, 0.3) is 5.56 Å². The van der Waals surface area contributed by atoms with Crippen LogP contribution in [0.15, 0.2) is 65.2 Å². The first kappa shape index (κ1) is 15.2. The Morgan fingerprint density at radius 2 is 1.64 bits per heavy atom. The number of aromatic nitrogens is 2. The lowest BCUT2D eigenvalue weighted by Gasteiger charge is -2.07. The molecule has 0 radical (unpaired) electrons. The molecule has 3 aromatic rings. The highest BCUT2D eigenvalue weighted by Crippen LogP contribution is 2.31. The van der Waals surface area contributed by atoms with Gasteiger partial charge in [-0.1, -0.05) is 30.3 Å². The maximum absolute atomic E-state index is 12.9. The molecular formula is C20H16N2O3. The Bertz CT molecular complexity index is 1070. The molecule has 0 amide bonds. The van der Waals surface area contributed by atoms with Crippen LogP contribution in [0.3, 0.4) is 0 Å². The van der Waals surface area contributed by atoms with Gasteiger partial charge in [0, 0.05) is 12.7 Å². The Kier molecular flexibility index (Phi) is 3.42. The van der Waals surface area contributed by atoms with Gasteiger partial charge in [0.15, 0.2) is 5.76 Å². The van der Waals surface area contributed by atoms with E-state index in [2.05, 4.69) is 0 Å². The Hall–Kier alpha value is -3.34. The summed E-state index contributed by atoms with van der Waals surface area (Å²) in [6.07, 6.45) is 1.54. The van der Waals surface area contributed by atoms with E-state index in [1.54, 1.807) is 33.6 Å². The number of carbonyl (C=O) groups excluding carboxylic acids is 1.